The van der Waals surface area contributed by atoms with Crippen LogP contribution in [-0.2, 0) is 0 Å². The summed E-state index contributed by atoms with van der Waals surface area (Å²) in [5.41, 5.74) is 10.8. The Hall–Kier alpha value is -7.08. The lowest BCUT2D eigenvalue weighted by molar-refractivity contribution is 1.50. The van der Waals surface area contributed by atoms with E-state index in [9.17, 15) is 5.26 Å². The molecule has 0 fully saturated rings. The Bertz CT molecular complexity index is 3250. The van der Waals surface area contributed by atoms with Gasteiger partial charge < -0.3 is 0 Å². The first-order valence-electron chi connectivity index (χ1n) is 18.5. The molecule has 0 saturated heterocycles. The first kappa shape index (κ1) is 32.4. The maximum absolute atomic E-state index is 9.64. The molecule has 9 aromatic carbocycles. The Labute approximate surface area is 331 Å². The van der Waals surface area contributed by atoms with Crippen molar-refractivity contribution in [2.75, 3.05) is 0 Å². The minimum absolute atomic E-state index is 0.666. The van der Waals surface area contributed by atoms with Gasteiger partial charge in [-0.1, -0.05) is 109 Å². The third-order valence-corrected chi connectivity index (χ3v) is 13.4. The van der Waals surface area contributed by atoms with Crippen molar-refractivity contribution in [2.24, 2.45) is 0 Å². The molecule has 56 heavy (non-hydrogen) atoms. The van der Waals surface area contributed by atoms with Crippen molar-refractivity contribution in [2.45, 2.75) is 0 Å². The zero-order valence-corrected chi connectivity index (χ0v) is 31.5. The second-order valence-corrected chi connectivity index (χ2v) is 16.4. The van der Waals surface area contributed by atoms with Gasteiger partial charge in [0.1, 0.15) is 0 Å². The van der Waals surface area contributed by atoms with Crippen LogP contribution in [0.25, 0.3) is 111 Å². The summed E-state index contributed by atoms with van der Waals surface area (Å²) in [7, 11) is 0. The lowest BCUT2D eigenvalue weighted by Crippen LogP contribution is -1.92. The van der Waals surface area contributed by atoms with Crippen molar-refractivity contribution >= 4 is 90.3 Å². The van der Waals surface area contributed by atoms with Gasteiger partial charge in [-0.25, -0.2) is 4.85 Å². The summed E-state index contributed by atoms with van der Waals surface area (Å²) < 4.78 is 4.84. The number of benzene rings is 9. The van der Waals surface area contributed by atoms with Crippen molar-refractivity contribution < 1.29 is 0 Å². The van der Waals surface area contributed by atoms with E-state index in [-0.39, 0.29) is 0 Å². The van der Waals surface area contributed by atoms with Crippen LogP contribution in [0.4, 0.5) is 5.69 Å². The summed E-state index contributed by atoms with van der Waals surface area (Å²) in [5.74, 6) is 0. The van der Waals surface area contributed by atoms with Crippen molar-refractivity contribution in [3.8, 4) is 50.6 Å². The van der Waals surface area contributed by atoms with Gasteiger partial charge >= 0.3 is 0 Å². The molecule has 2 aromatic heterocycles. The van der Waals surface area contributed by atoms with Crippen LogP contribution in [-0.4, -0.2) is 0 Å². The Morgan fingerprint density at radius 3 is 1.27 bits per heavy atom. The van der Waals surface area contributed by atoms with Crippen LogP contribution in [0, 0.1) is 17.9 Å². The van der Waals surface area contributed by atoms with E-state index in [0.29, 0.717) is 11.3 Å². The predicted molar refractivity (Wildman–Crippen MR) is 240 cm³/mol. The average molecular weight is 745 g/mol. The molecule has 0 aliphatic carbocycles. The molecule has 0 atom stereocenters. The van der Waals surface area contributed by atoms with Gasteiger partial charge in [-0.3, -0.25) is 0 Å². The van der Waals surface area contributed by atoms with Crippen LogP contribution in [0.5, 0.6) is 0 Å². The van der Waals surface area contributed by atoms with Gasteiger partial charge in [-0.05, 0) is 137 Å². The van der Waals surface area contributed by atoms with Crippen LogP contribution >= 0.6 is 22.7 Å². The van der Waals surface area contributed by atoms with E-state index in [1.807, 2.05) is 24.3 Å². The second kappa shape index (κ2) is 12.8. The molecule has 0 bridgehead atoms. The van der Waals surface area contributed by atoms with E-state index in [0.717, 1.165) is 33.0 Å². The summed E-state index contributed by atoms with van der Waals surface area (Å²) in [4.78, 5) is 3.71. The Morgan fingerprint density at radius 1 is 0.375 bits per heavy atom. The van der Waals surface area contributed by atoms with E-state index in [4.69, 9.17) is 6.57 Å². The summed E-state index contributed by atoms with van der Waals surface area (Å²) in [5, 5.41) is 19.1. The monoisotopic (exact) mass is 744 g/mol. The van der Waals surface area contributed by atoms with E-state index < -0.39 is 0 Å². The van der Waals surface area contributed by atoms with Crippen molar-refractivity contribution in [3.63, 3.8) is 0 Å². The molecule has 258 valence electrons. The van der Waals surface area contributed by atoms with E-state index in [1.54, 1.807) is 22.7 Å². The number of hydrogen-bond acceptors (Lipinski definition) is 3. The fourth-order valence-electron chi connectivity index (χ4n) is 8.46. The summed E-state index contributed by atoms with van der Waals surface area (Å²) in [6.07, 6.45) is 0. The highest BCUT2D eigenvalue weighted by Crippen LogP contribution is 2.47. The Kier molecular flexibility index (Phi) is 7.37. The van der Waals surface area contributed by atoms with Crippen LogP contribution in [0.2, 0.25) is 0 Å². The number of hydrogen-bond donors (Lipinski definition) is 0. The summed E-state index contributed by atoms with van der Waals surface area (Å²) in [6, 6.07) is 63.3. The fraction of sp³-hybridized carbons (Fsp3) is 0. The topological polar surface area (TPSA) is 28.1 Å². The van der Waals surface area contributed by atoms with Gasteiger partial charge in [0.2, 0.25) is 0 Å². The molecule has 0 radical (unpaired) electrons. The first-order valence-corrected chi connectivity index (χ1v) is 20.1. The van der Waals surface area contributed by atoms with Crippen molar-refractivity contribution in [1.82, 2.24) is 0 Å². The maximum atomic E-state index is 9.64. The molecule has 0 aliphatic rings. The Morgan fingerprint density at radius 2 is 0.786 bits per heavy atom. The van der Waals surface area contributed by atoms with Gasteiger partial charge in [0, 0.05) is 29.6 Å². The number of nitriles is 1. The number of nitrogens with zero attached hydrogens (tertiary/aromatic N) is 2. The molecule has 0 aliphatic heterocycles. The molecule has 11 aromatic rings. The van der Waals surface area contributed by atoms with Crippen molar-refractivity contribution in [1.29, 1.82) is 5.26 Å². The molecule has 2 heterocycles. The SMILES string of the molecule is [C-]#[N+]c1ccc2sc3ccc(-c4ccc5c(-c6ccccc6)c6cc(-c7ccc8sc9ccc(C#N)cc9c8c7)ccc6c(-c6ccccc6)c5c4)cc3c2c1. The summed E-state index contributed by atoms with van der Waals surface area (Å²) >= 11 is 3.55. The smallest absolute Gasteiger partial charge is 0.187 e. The summed E-state index contributed by atoms with van der Waals surface area (Å²) in [6.45, 7) is 7.60. The third-order valence-electron chi connectivity index (χ3n) is 11.1. The largest absolute Gasteiger partial charge is 0.238 e. The van der Waals surface area contributed by atoms with Crippen molar-refractivity contribution in [3.05, 3.63) is 187 Å². The molecule has 2 nitrogen and oxygen atoms in total. The number of fused-ring (bicyclic) bond motifs is 8. The molecule has 0 N–H and O–H groups in total. The van der Waals surface area contributed by atoms with Crippen LogP contribution in [0.15, 0.2) is 170 Å². The standard InChI is InChI=1S/C52H28N2S2/c1-54-38-17-23-50-44(29-38)43-26-37(16-22-49(43)56-50)35-14-19-40-46(28-35)52(33-10-6-3-7-11-33)39-18-13-34(27-45(39)51(40)32-8-4-2-5-9-32)36-15-21-48-42(25-36)41-24-31(30-53)12-20-47(41)55-48/h2-29H. The quantitative estimate of drug-likeness (QED) is 0.130. The zero-order chi connectivity index (χ0) is 37.3. The molecule has 4 heteroatoms. The fourth-order valence-corrected chi connectivity index (χ4v) is 10.6. The molecule has 11 rings (SSSR count). The second-order valence-electron chi connectivity index (χ2n) is 14.2. The van der Waals surface area contributed by atoms with Crippen LogP contribution in [0.3, 0.4) is 0 Å². The Balaban J connectivity index is 1.17. The minimum Gasteiger partial charge on any atom is -0.238 e. The average Bonchev–Trinajstić information content (AvgIpc) is 3.82. The molecular weight excluding hydrogens is 717 g/mol. The molecular formula is C52H28N2S2. The van der Waals surface area contributed by atoms with E-state index in [1.165, 1.54) is 73.4 Å². The highest BCUT2D eigenvalue weighted by atomic mass is 32.1. The van der Waals surface area contributed by atoms with Crippen LogP contribution in [0.1, 0.15) is 5.56 Å². The van der Waals surface area contributed by atoms with Gasteiger partial charge in [-0.2, -0.15) is 5.26 Å². The minimum atomic E-state index is 0.666. The number of thiophene rings is 2. The van der Waals surface area contributed by atoms with Gasteiger partial charge in [0.15, 0.2) is 5.69 Å². The van der Waals surface area contributed by atoms with Crippen LogP contribution < -0.4 is 0 Å². The highest BCUT2D eigenvalue weighted by molar-refractivity contribution is 7.26. The third kappa shape index (κ3) is 5.13. The van der Waals surface area contributed by atoms with Gasteiger partial charge in [-0.15, -0.1) is 22.7 Å². The zero-order valence-electron chi connectivity index (χ0n) is 29.9. The highest BCUT2D eigenvalue weighted by Gasteiger charge is 2.19. The molecule has 0 unspecified atom stereocenters. The molecule has 0 amide bonds. The molecule has 0 saturated carbocycles. The maximum Gasteiger partial charge on any atom is 0.187 e. The van der Waals surface area contributed by atoms with Gasteiger partial charge in [0.05, 0.1) is 18.2 Å². The lowest BCUT2D eigenvalue weighted by atomic mass is 9.84. The molecule has 0 spiro atoms. The van der Waals surface area contributed by atoms with E-state index >= 15 is 0 Å². The number of rotatable bonds is 4. The lowest BCUT2D eigenvalue weighted by Gasteiger charge is -2.19. The predicted octanol–water partition coefficient (Wildman–Crippen LogP) is 15.8. The normalized spacial score (nSPS) is 11.5. The van der Waals surface area contributed by atoms with E-state index in [2.05, 4.69) is 157 Å². The van der Waals surface area contributed by atoms with Gasteiger partial charge in [0.25, 0.3) is 0 Å². The first-order chi connectivity index (χ1) is 27.6.